The van der Waals surface area contributed by atoms with Gasteiger partial charge in [-0.25, -0.2) is 17.2 Å². The molecular formula is C20H23F2N3O3S. The minimum Gasteiger partial charge on any atom is -0.351 e. The van der Waals surface area contributed by atoms with Gasteiger partial charge in [-0.3, -0.25) is 9.69 Å². The summed E-state index contributed by atoms with van der Waals surface area (Å²) < 4.78 is 52.6. The Balaban J connectivity index is 1.45. The minimum atomic E-state index is -3.51. The summed E-state index contributed by atoms with van der Waals surface area (Å²) in [6.45, 7) is 2.73. The largest absolute Gasteiger partial charge is 0.351 e. The molecule has 2 aromatic rings. The van der Waals surface area contributed by atoms with E-state index in [1.165, 1.54) is 9.87 Å². The van der Waals surface area contributed by atoms with Gasteiger partial charge >= 0.3 is 0 Å². The zero-order chi connectivity index (χ0) is 20.9. The molecule has 9 heteroatoms. The van der Waals surface area contributed by atoms with Crippen LogP contribution in [-0.4, -0.2) is 62.0 Å². The standard InChI is InChI=1S/C20H23F2N3O3S/c21-18-7-6-17(14-19(18)22)20(26)23-8-13-29(27,28)25-11-9-24(10-12-25)15-16-4-2-1-3-5-16/h1-7,14H,8-13,15H2,(H,23,26). The number of amides is 1. The van der Waals surface area contributed by atoms with E-state index in [1.807, 2.05) is 30.3 Å². The highest BCUT2D eigenvalue weighted by Gasteiger charge is 2.26. The first-order chi connectivity index (χ1) is 13.8. The van der Waals surface area contributed by atoms with Crippen LogP contribution in [0.1, 0.15) is 15.9 Å². The number of halogens is 2. The van der Waals surface area contributed by atoms with Crippen LogP contribution in [0.25, 0.3) is 0 Å². The molecule has 2 aromatic carbocycles. The number of carbonyl (C=O) groups is 1. The molecule has 3 rings (SSSR count). The first-order valence-electron chi connectivity index (χ1n) is 9.32. The maximum Gasteiger partial charge on any atom is 0.251 e. The zero-order valence-electron chi connectivity index (χ0n) is 15.9. The Morgan fingerprint density at radius 3 is 2.31 bits per heavy atom. The number of piperazine rings is 1. The molecule has 0 radical (unpaired) electrons. The van der Waals surface area contributed by atoms with Crippen molar-refractivity contribution in [3.63, 3.8) is 0 Å². The summed E-state index contributed by atoms with van der Waals surface area (Å²) >= 11 is 0. The lowest BCUT2D eigenvalue weighted by molar-refractivity contribution is 0.0955. The van der Waals surface area contributed by atoms with Crippen LogP contribution in [0.2, 0.25) is 0 Å². The topological polar surface area (TPSA) is 69.7 Å². The summed E-state index contributed by atoms with van der Waals surface area (Å²) in [7, 11) is -3.51. The maximum absolute atomic E-state index is 13.2. The van der Waals surface area contributed by atoms with E-state index in [4.69, 9.17) is 0 Å². The number of carbonyl (C=O) groups excluding carboxylic acids is 1. The van der Waals surface area contributed by atoms with E-state index in [1.54, 1.807) is 0 Å². The average Bonchev–Trinajstić information content (AvgIpc) is 2.71. The van der Waals surface area contributed by atoms with Gasteiger partial charge in [-0.2, -0.15) is 4.31 Å². The highest BCUT2D eigenvalue weighted by molar-refractivity contribution is 7.89. The second-order valence-corrected chi connectivity index (χ2v) is 8.95. The van der Waals surface area contributed by atoms with Gasteiger partial charge in [0.05, 0.1) is 5.75 Å². The molecule has 0 spiro atoms. The molecule has 1 saturated heterocycles. The summed E-state index contributed by atoms with van der Waals surface area (Å²) in [5.74, 6) is -3.07. The molecule has 1 aliphatic rings. The number of benzene rings is 2. The number of nitrogens with zero attached hydrogens (tertiary/aromatic N) is 2. The van der Waals surface area contributed by atoms with E-state index in [0.717, 1.165) is 24.7 Å². The average molecular weight is 423 g/mol. The first kappa shape index (κ1) is 21.4. The van der Waals surface area contributed by atoms with Crippen molar-refractivity contribution in [3.05, 3.63) is 71.3 Å². The molecule has 1 N–H and O–H groups in total. The second kappa shape index (κ2) is 9.43. The van der Waals surface area contributed by atoms with Crippen LogP contribution >= 0.6 is 0 Å². The highest BCUT2D eigenvalue weighted by atomic mass is 32.2. The van der Waals surface area contributed by atoms with Crippen LogP contribution in [0.15, 0.2) is 48.5 Å². The molecule has 6 nitrogen and oxygen atoms in total. The van der Waals surface area contributed by atoms with Gasteiger partial charge < -0.3 is 5.32 Å². The van der Waals surface area contributed by atoms with Crippen LogP contribution in [-0.2, 0) is 16.6 Å². The number of hydrogen-bond acceptors (Lipinski definition) is 4. The van der Waals surface area contributed by atoms with Crippen molar-refractivity contribution in [2.24, 2.45) is 0 Å². The first-order valence-corrected chi connectivity index (χ1v) is 10.9. The Kier molecular flexibility index (Phi) is 6.94. The fraction of sp³-hybridized carbons (Fsp3) is 0.350. The Morgan fingerprint density at radius 1 is 0.966 bits per heavy atom. The minimum absolute atomic E-state index is 0.0594. The van der Waals surface area contributed by atoms with E-state index in [0.29, 0.717) is 26.2 Å². The molecule has 1 aliphatic heterocycles. The van der Waals surface area contributed by atoms with Gasteiger partial charge in [0.2, 0.25) is 10.0 Å². The third kappa shape index (κ3) is 5.81. The second-order valence-electron chi connectivity index (χ2n) is 6.86. The normalized spacial score (nSPS) is 15.9. The predicted octanol–water partition coefficient (Wildman–Crippen LogP) is 1.84. The van der Waals surface area contributed by atoms with E-state index in [-0.39, 0.29) is 17.9 Å². The van der Waals surface area contributed by atoms with Crippen LogP contribution < -0.4 is 5.32 Å². The lowest BCUT2D eigenvalue weighted by atomic mass is 10.2. The van der Waals surface area contributed by atoms with Crippen molar-refractivity contribution < 1.29 is 22.0 Å². The van der Waals surface area contributed by atoms with Gasteiger partial charge in [0.15, 0.2) is 11.6 Å². The van der Waals surface area contributed by atoms with Gasteiger partial charge in [0, 0.05) is 44.8 Å². The predicted molar refractivity (Wildman–Crippen MR) is 106 cm³/mol. The molecule has 1 amide bonds. The van der Waals surface area contributed by atoms with Crippen molar-refractivity contribution in [1.82, 2.24) is 14.5 Å². The molecule has 29 heavy (non-hydrogen) atoms. The quantitative estimate of drug-likeness (QED) is 0.738. The summed E-state index contributed by atoms with van der Waals surface area (Å²) in [5, 5.41) is 2.44. The van der Waals surface area contributed by atoms with Gasteiger partial charge in [-0.15, -0.1) is 0 Å². The summed E-state index contributed by atoms with van der Waals surface area (Å²) in [5.41, 5.74) is 1.12. The van der Waals surface area contributed by atoms with E-state index < -0.39 is 27.6 Å². The van der Waals surface area contributed by atoms with E-state index >= 15 is 0 Å². The smallest absolute Gasteiger partial charge is 0.251 e. The van der Waals surface area contributed by atoms with Crippen LogP contribution in [0.5, 0.6) is 0 Å². The van der Waals surface area contributed by atoms with Crippen molar-refractivity contribution in [3.8, 4) is 0 Å². The molecule has 1 fully saturated rings. The molecule has 0 atom stereocenters. The van der Waals surface area contributed by atoms with Crippen LogP contribution in [0.4, 0.5) is 8.78 Å². The maximum atomic E-state index is 13.2. The molecule has 0 aliphatic carbocycles. The van der Waals surface area contributed by atoms with Crippen molar-refractivity contribution >= 4 is 15.9 Å². The Morgan fingerprint density at radius 2 is 1.66 bits per heavy atom. The van der Waals surface area contributed by atoms with Gasteiger partial charge in [-0.1, -0.05) is 30.3 Å². The molecule has 156 valence electrons. The molecule has 0 aromatic heterocycles. The third-order valence-electron chi connectivity index (χ3n) is 4.80. The number of rotatable bonds is 7. The molecule has 0 saturated carbocycles. The summed E-state index contributed by atoms with van der Waals surface area (Å²) in [6.07, 6.45) is 0. The summed E-state index contributed by atoms with van der Waals surface area (Å²) in [6, 6.07) is 12.8. The summed E-state index contributed by atoms with van der Waals surface area (Å²) in [4.78, 5) is 14.2. The van der Waals surface area contributed by atoms with E-state index in [9.17, 15) is 22.0 Å². The molecule has 0 bridgehead atoms. The van der Waals surface area contributed by atoms with Crippen molar-refractivity contribution in [1.29, 1.82) is 0 Å². The fourth-order valence-electron chi connectivity index (χ4n) is 3.17. The van der Waals surface area contributed by atoms with Crippen LogP contribution in [0.3, 0.4) is 0 Å². The number of nitrogens with one attached hydrogen (secondary N) is 1. The zero-order valence-corrected chi connectivity index (χ0v) is 16.7. The number of sulfonamides is 1. The fourth-order valence-corrected chi connectivity index (χ4v) is 4.51. The third-order valence-corrected chi connectivity index (χ3v) is 6.67. The van der Waals surface area contributed by atoms with Gasteiger partial charge in [-0.05, 0) is 23.8 Å². The monoisotopic (exact) mass is 423 g/mol. The molecule has 1 heterocycles. The van der Waals surface area contributed by atoms with Gasteiger partial charge in [0.25, 0.3) is 5.91 Å². The van der Waals surface area contributed by atoms with E-state index in [2.05, 4.69) is 10.2 Å². The highest BCUT2D eigenvalue weighted by Crippen LogP contribution is 2.12. The molecule has 0 unspecified atom stereocenters. The molecular weight excluding hydrogens is 400 g/mol. The Bertz CT molecular complexity index is 947. The Hall–Kier alpha value is -2.36. The van der Waals surface area contributed by atoms with Crippen LogP contribution in [0, 0.1) is 11.6 Å². The van der Waals surface area contributed by atoms with Crippen molar-refractivity contribution in [2.45, 2.75) is 6.54 Å². The van der Waals surface area contributed by atoms with Gasteiger partial charge in [0.1, 0.15) is 0 Å². The Labute approximate surface area is 169 Å². The number of hydrogen-bond donors (Lipinski definition) is 1. The van der Waals surface area contributed by atoms with Crippen molar-refractivity contribution in [2.75, 3.05) is 38.5 Å². The lowest BCUT2D eigenvalue weighted by Crippen LogP contribution is -2.49. The lowest BCUT2D eigenvalue weighted by Gasteiger charge is -2.34. The SMILES string of the molecule is O=C(NCCS(=O)(=O)N1CCN(Cc2ccccc2)CC1)c1ccc(F)c(F)c1.